The van der Waals surface area contributed by atoms with Crippen LogP contribution in [0.15, 0.2) is 118 Å². The van der Waals surface area contributed by atoms with Gasteiger partial charge in [-0.1, -0.05) is 12.1 Å². The van der Waals surface area contributed by atoms with Crippen LogP contribution in [0.5, 0.6) is 0 Å². The van der Waals surface area contributed by atoms with E-state index in [0.29, 0.717) is 37.3 Å². The summed E-state index contributed by atoms with van der Waals surface area (Å²) in [5.74, 6) is 1.41. The van der Waals surface area contributed by atoms with Gasteiger partial charge in [-0.2, -0.15) is 0 Å². The molecular formula is C50H58N10O2+2. The third kappa shape index (κ3) is 9.15. The number of nitrogens with zero attached hydrogens (tertiary/aromatic N) is 10. The molecule has 0 spiro atoms. The average Bonchev–Trinajstić information content (AvgIpc) is 3.30. The number of pyridine rings is 2. The fourth-order valence-corrected chi connectivity index (χ4v) is 9.75. The number of carbonyl (C=O) groups is 2. The van der Waals surface area contributed by atoms with Crippen LogP contribution in [0.3, 0.4) is 0 Å². The van der Waals surface area contributed by atoms with E-state index in [-0.39, 0.29) is 11.8 Å². The van der Waals surface area contributed by atoms with Crippen molar-refractivity contribution in [3.63, 3.8) is 0 Å². The van der Waals surface area contributed by atoms with Crippen LogP contribution in [0.1, 0.15) is 81.5 Å². The third-order valence-corrected chi connectivity index (χ3v) is 12.9. The summed E-state index contributed by atoms with van der Waals surface area (Å²) in [4.78, 5) is 35.4. The molecule has 4 aliphatic rings. The summed E-state index contributed by atoms with van der Waals surface area (Å²) in [5, 5.41) is 18.7. The Morgan fingerprint density at radius 1 is 0.532 bits per heavy atom. The lowest BCUT2D eigenvalue weighted by atomic mass is 9.91. The van der Waals surface area contributed by atoms with Gasteiger partial charge in [0.1, 0.15) is 11.4 Å². The average molecular weight is 831 g/mol. The highest BCUT2D eigenvalue weighted by Gasteiger charge is 2.26. The summed E-state index contributed by atoms with van der Waals surface area (Å²) >= 11 is 0. The van der Waals surface area contributed by atoms with Crippen LogP contribution in [0.4, 0.5) is 34.4 Å². The highest BCUT2D eigenvalue weighted by atomic mass is 16.2. The second kappa shape index (κ2) is 18.8. The van der Waals surface area contributed by atoms with Gasteiger partial charge in [-0.3, -0.25) is 9.59 Å². The Kier molecular flexibility index (Phi) is 12.4. The molecule has 2 aromatic heterocycles. The van der Waals surface area contributed by atoms with Gasteiger partial charge in [0.2, 0.25) is 0 Å². The van der Waals surface area contributed by atoms with E-state index in [4.69, 9.17) is 10.2 Å². The number of benzene rings is 3. The molecule has 0 aliphatic carbocycles. The van der Waals surface area contributed by atoms with Crippen molar-refractivity contribution in [3.8, 4) is 0 Å². The van der Waals surface area contributed by atoms with E-state index in [1.165, 1.54) is 59.3 Å². The largest absolute Gasteiger partial charge is 0.371 e. The number of hydrogen-bond acceptors (Lipinski definition) is 8. The molecule has 6 heterocycles. The molecule has 0 saturated carbocycles. The molecule has 4 aliphatic heterocycles. The van der Waals surface area contributed by atoms with Crippen molar-refractivity contribution in [2.75, 3.05) is 63.2 Å². The smallest absolute Gasteiger partial charge is 0.350 e. The van der Waals surface area contributed by atoms with E-state index in [1.807, 2.05) is 62.9 Å². The molecule has 0 atom stereocenters. The van der Waals surface area contributed by atoms with E-state index >= 15 is 0 Å². The lowest BCUT2D eigenvalue weighted by Gasteiger charge is -2.36. The Bertz CT molecular complexity index is 2260. The van der Waals surface area contributed by atoms with Crippen molar-refractivity contribution < 1.29 is 18.7 Å². The summed E-state index contributed by atoms with van der Waals surface area (Å²) < 4.78 is 4.18. The summed E-state index contributed by atoms with van der Waals surface area (Å²) in [5.41, 5.74) is 11.4. The fourth-order valence-electron chi connectivity index (χ4n) is 9.75. The van der Waals surface area contributed by atoms with Crippen LogP contribution in [0, 0.1) is 0 Å². The van der Waals surface area contributed by atoms with Gasteiger partial charge in [0.05, 0.1) is 35.7 Å². The van der Waals surface area contributed by atoms with Crippen molar-refractivity contribution in [2.24, 2.45) is 20.5 Å². The molecule has 0 radical (unpaired) electrons. The van der Waals surface area contributed by atoms with Crippen molar-refractivity contribution in [3.05, 3.63) is 131 Å². The van der Waals surface area contributed by atoms with Gasteiger partial charge in [0.25, 0.3) is 11.8 Å². The Balaban J connectivity index is 0.747. The van der Waals surface area contributed by atoms with Gasteiger partial charge in [0, 0.05) is 101 Å². The predicted octanol–water partition coefficient (Wildman–Crippen LogP) is 8.81. The second-order valence-corrected chi connectivity index (χ2v) is 17.3. The molecule has 12 nitrogen and oxygen atoms in total. The molecule has 0 fully saturated rings. The van der Waals surface area contributed by atoms with Crippen LogP contribution in [-0.2, 0) is 38.8 Å². The van der Waals surface area contributed by atoms with E-state index < -0.39 is 0 Å². The highest BCUT2D eigenvalue weighted by molar-refractivity contribution is 5.97. The van der Waals surface area contributed by atoms with Crippen LogP contribution >= 0.6 is 0 Å². The number of amides is 2. The molecule has 0 bridgehead atoms. The zero-order valence-electron chi connectivity index (χ0n) is 36.3. The minimum absolute atomic E-state index is 0.0778. The number of carbonyl (C=O) groups excluding carboxylic acids is 2. The highest BCUT2D eigenvalue weighted by Crippen LogP contribution is 2.39. The first-order valence-electron chi connectivity index (χ1n) is 22.6. The second-order valence-electron chi connectivity index (χ2n) is 17.3. The summed E-state index contributed by atoms with van der Waals surface area (Å²) in [6, 6.07) is 27.8. The normalized spacial score (nSPS) is 15.5. The fraction of sp³-hybridized carbons (Fsp3) is 0.400. The van der Waals surface area contributed by atoms with Crippen molar-refractivity contribution in [2.45, 2.75) is 77.3 Å². The lowest BCUT2D eigenvalue weighted by molar-refractivity contribution is -0.684. The summed E-state index contributed by atoms with van der Waals surface area (Å²) in [7, 11) is 3.65. The molecule has 5 aromatic rings. The zero-order chi connectivity index (χ0) is 42.4. The third-order valence-electron chi connectivity index (χ3n) is 12.9. The minimum Gasteiger partial charge on any atom is -0.371 e. The van der Waals surface area contributed by atoms with Crippen molar-refractivity contribution in [1.29, 1.82) is 0 Å². The number of anilines is 2. The van der Waals surface area contributed by atoms with Gasteiger partial charge >= 0.3 is 11.6 Å². The van der Waals surface area contributed by atoms with Crippen molar-refractivity contribution >= 4 is 46.2 Å². The molecule has 9 rings (SSSR count). The molecule has 62 heavy (non-hydrogen) atoms. The standard InChI is InChI=1S/C50H58N10O2/c1-55(23-11-31-57-25-5-3-17-45(57)53-51-43-33-39-13-7-27-59-28-8-14-40(34-43)47(39)59)49(61)37-19-21-38(22-20-37)50(62)56(2)24-12-32-58-26-6-4-18-46(58)54-52-44-35-41-15-9-29-60-30-10-16-42(36-44)48(41)60/h3-6,17-22,25-26,33-36H,7-16,23-24,27-32H2,1-2H3/q+2. The minimum atomic E-state index is -0.0778. The predicted molar refractivity (Wildman–Crippen MR) is 242 cm³/mol. The van der Waals surface area contributed by atoms with Gasteiger partial charge < -0.3 is 19.6 Å². The zero-order valence-corrected chi connectivity index (χ0v) is 36.3. The Labute approximate surface area is 365 Å². The molecule has 0 saturated heterocycles. The number of azo groups is 2. The molecule has 0 N–H and O–H groups in total. The lowest BCUT2D eigenvalue weighted by Crippen LogP contribution is -2.36. The van der Waals surface area contributed by atoms with Crippen molar-refractivity contribution in [1.82, 2.24) is 9.80 Å². The maximum Gasteiger partial charge on any atom is 0.350 e. The topological polar surface area (TPSA) is 104 Å². The molecule has 0 unspecified atom stereocenters. The number of aromatic nitrogens is 2. The monoisotopic (exact) mass is 830 g/mol. The number of hydrogen-bond donors (Lipinski definition) is 0. The summed E-state index contributed by atoms with van der Waals surface area (Å²) in [6.45, 7) is 7.15. The van der Waals surface area contributed by atoms with Crippen LogP contribution in [0.2, 0.25) is 0 Å². The first-order valence-corrected chi connectivity index (χ1v) is 22.6. The molecule has 12 heteroatoms. The Morgan fingerprint density at radius 3 is 1.27 bits per heavy atom. The van der Waals surface area contributed by atoms with Crippen LogP contribution in [0.25, 0.3) is 0 Å². The molecule has 318 valence electrons. The van der Waals surface area contributed by atoms with Gasteiger partial charge in [-0.25, -0.2) is 9.13 Å². The SMILES string of the molecule is CN(CCC[n+]1ccccc1N=Nc1cc2c3c(c1)CCCN3CCC2)C(=O)c1ccc(C(=O)N(C)CCC[n+]2ccccc2/N=N/c2cc3c4c(c2)CCCN4CCC3)cc1. The Morgan fingerprint density at radius 2 is 0.903 bits per heavy atom. The van der Waals surface area contributed by atoms with Gasteiger partial charge in [-0.15, -0.1) is 0 Å². The van der Waals surface area contributed by atoms with E-state index in [1.54, 1.807) is 34.1 Å². The maximum absolute atomic E-state index is 13.4. The van der Waals surface area contributed by atoms with E-state index in [2.05, 4.69) is 53.4 Å². The maximum atomic E-state index is 13.4. The first-order chi connectivity index (χ1) is 30.4. The quantitative estimate of drug-likeness (QED) is 0.0825. The van der Waals surface area contributed by atoms with Crippen LogP contribution < -0.4 is 18.9 Å². The number of aryl methyl sites for hydroxylation is 6. The number of rotatable bonds is 14. The summed E-state index contributed by atoms with van der Waals surface area (Å²) in [6.07, 6.45) is 14.7. The first kappa shape index (κ1) is 41.1. The molecular weight excluding hydrogens is 773 g/mol. The Hall–Kier alpha value is -6.30. The van der Waals surface area contributed by atoms with Gasteiger partial charge in [-0.05, 0) is 145 Å². The van der Waals surface area contributed by atoms with E-state index in [9.17, 15) is 9.59 Å². The van der Waals surface area contributed by atoms with E-state index in [0.717, 1.165) is 87.7 Å². The molecule has 3 aromatic carbocycles. The molecule has 2 amide bonds. The van der Waals surface area contributed by atoms with Gasteiger partial charge in [0.15, 0.2) is 0 Å². The van der Waals surface area contributed by atoms with Crippen LogP contribution in [-0.4, -0.2) is 75.0 Å².